The molecule has 13 heavy (non-hydrogen) atoms. The van der Waals surface area contributed by atoms with Gasteiger partial charge in [0.05, 0.1) is 11.9 Å². The largest absolute Gasteiger partial charge is 0.379 e. The third-order valence-electron chi connectivity index (χ3n) is 2.48. The number of allylic oxidation sites excluding steroid dienone is 1. The summed E-state index contributed by atoms with van der Waals surface area (Å²) in [5.41, 5.74) is -0.0836. The van der Waals surface area contributed by atoms with Gasteiger partial charge in [0.25, 0.3) is 0 Å². The maximum absolute atomic E-state index is 10.2. The van der Waals surface area contributed by atoms with Crippen molar-refractivity contribution in [3.63, 3.8) is 0 Å². The van der Waals surface area contributed by atoms with E-state index in [1.54, 1.807) is 17.9 Å². The number of aryl methyl sites for hydroxylation is 1. The van der Waals surface area contributed by atoms with Gasteiger partial charge in [0.1, 0.15) is 5.60 Å². The quantitative estimate of drug-likeness (QED) is 0.647. The second-order valence-corrected chi connectivity index (χ2v) is 3.46. The van der Waals surface area contributed by atoms with Crippen LogP contribution in [0.2, 0.25) is 0 Å². The molecule has 2 rings (SSSR count). The summed E-state index contributed by atoms with van der Waals surface area (Å²) in [6.45, 7) is 0. The van der Waals surface area contributed by atoms with Gasteiger partial charge in [-0.15, -0.1) is 5.10 Å². The van der Waals surface area contributed by atoms with Gasteiger partial charge in [-0.1, -0.05) is 17.4 Å². The van der Waals surface area contributed by atoms with Crippen LogP contribution in [0.3, 0.4) is 0 Å². The zero-order valence-electron chi connectivity index (χ0n) is 7.64. The lowest BCUT2D eigenvalue weighted by atomic mass is 9.88. The molecule has 4 nitrogen and oxygen atoms in total. The first-order valence-electron chi connectivity index (χ1n) is 4.48. The third-order valence-corrected chi connectivity index (χ3v) is 2.48. The Morgan fingerprint density at radius 1 is 1.62 bits per heavy atom. The van der Waals surface area contributed by atoms with Gasteiger partial charge >= 0.3 is 0 Å². The highest BCUT2D eigenvalue weighted by Gasteiger charge is 2.30. The van der Waals surface area contributed by atoms with E-state index in [0.717, 1.165) is 25.0 Å². The average Bonchev–Trinajstić information content (AvgIpc) is 2.53. The molecule has 1 atom stereocenters. The summed E-state index contributed by atoms with van der Waals surface area (Å²) in [6, 6.07) is 0. The fraction of sp³-hybridized carbons (Fsp3) is 0.556. The van der Waals surface area contributed by atoms with Gasteiger partial charge in [0.15, 0.2) is 0 Å². The van der Waals surface area contributed by atoms with Crippen molar-refractivity contribution in [2.24, 2.45) is 7.05 Å². The number of hydrogen-bond acceptors (Lipinski definition) is 3. The molecule has 1 N–H and O–H groups in total. The van der Waals surface area contributed by atoms with Crippen LogP contribution >= 0.6 is 0 Å². The SMILES string of the molecule is Cn1nncc1C1(O)C=CCCC1. The second-order valence-electron chi connectivity index (χ2n) is 3.46. The highest BCUT2D eigenvalue weighted by molar-refractivity contribution is 5.19. The van der Waals surface area contributed by atoms with Gasteiger partial charge in [-0.2, -0.15) is 0 Å². The second kappa shape index (κ2) is 2.96. The summed E-state index contributed by atoms with van der Waals surface area (Å²) in [5, 5.41) is 17.8. The summed E-state index contributed by atoms with van der Waals surface area (Å²) in [7, 11) is 1.79. The number of aliphatic hydroxyl groups is 1. The maximum atomic E-state index is 10.2. The van der Waals surface area contributed by atoms with Crippen molar-refractivity contribution >= 4 is 0 Å². The smallest absolute Gasteiger partial charge is 0.126 e. The molecular weight excluding hydrogens is 166 g/mol. The lowest BCUT2D eigenvalue weighted by molar-refractivity contribution is 0.0640. The Morgan fingerprint density at radius 3 is 3.00 bits per heavy atom. The van der Waals surface area contributed by atoms with E-state index in [1.165, 1.54) is 0 Å². The molecule has 0 aromatic carbocycles. The van der Waals surface area contributed by atoms with Crippen LogP contribution < -0.4 is 0 Å². The van der Waals surface area contributed by atoms with Crippen molar-refractivity contribution in [1.82, 2.24) is 15.0 Å². The molecule has 0 spiro atoms. The Labute approximate surface area is 76.9 Å². The maximum Gasteiger partial charge on any atom is 0.126 e. The van der Waals surface area contributed by atoms with Crippen LogP contribution in [0.15, 0.2) is 18.3 Å². The van der Waals surface area contributed by atoms with Crippen LogP contribution in [-0.4, -0.2) is 20.1 Å². The Hall–Kier alpha value is -1.16. The molecule has 0 saturated heterocycles. The first-order chi connectivity index (χ1) is 6.22. The predicted molar refractivity (Wildman–Crippen MR) is 47.9 cm³/mol. The van der Waals surface area contributed by atoms with Crippen LogP contribution in [0.1, 0.15) is 25.0 Å². The van der Waals surface area contributed by atoms with Gasteiger partial charge in [-0.3, -0.25) is 0 Å². The first kappa shape index (κ1) is 8.44. The van der Waals surface area contributed by atoms with E-state index in [-0.39, 0.29) is 0 Å². The molecule has 4 heteroatoms. The lowest BCUT2D eigenvalue weighted by Gasteiger charge is -2.26. The standard InChI is InChI=1S/C9H13N3O/c1-12-8(7-10-11-12)9(13)5-3-2-4-6-9/h3,5,7,13H,2,4,6H2,1H3. The van der Waals surface area contributed by atoms with Crippen molar-refractivity contribution in [3.05, 3.63) is 24.0 Å². The van der Waals surface area contributed by atoms with Crippen molar-refractivity contribution in [1.29, 1.82) is 0 Å². The normalized spacial score (nSPS) is 27.8. The Bertz CT molecular complexity index is 331. The van der Waals surface area contributed by atoms with Crippen LogP contribution in [0.25, 0.3) is 0 Å². The molecule has 0 radical (unpaired) electrons. The molecule has 0 saturated carbocycles. The molecule has 1 heterocycles. The number of hydrogen-bond donors (Lipinski definition) is 1. The first-order valence-corrected chi connectivity index (χ1v) is 4.48. The highest BCUT2D eigenvalue weighted by Crippen LogP contribution is 2.31. The Balaban J connectivity index is 2.38. The van der Waals surface area contributed by atoms with Gasteiger partial charge in [0.2, 0.25) is 0 Å². The van der Waals surface area contributed by atoms with Crippen molar-refractivity contribution in [2.45, 2.75) is 24.9 Å². The summed E-state index contributed by atoms with van der Waals surface area (Å²) < 4.78 is 1.62. The number of rotatable bonds is 1. The lowest BCUT2D eigenvalue weighted by Crippen LogP contribution is -2.27. The van der Waals surface area contributed by atoms with Gasteiger partial charge in [-0.25, -0.2) is 4.68 Å². The Kier molecular flexibility index (Phi) is 1.92. The number of nitrogens with zero attached hydrogens (tertiary/aromatic N) is 3. The van der Waals surface area contributed by atoms with Gasteiger partial charge < -0.3 is 5.11 Å². The monoisotopic (exact) mass is 179 g/mol. The third kappa shape index (κ3) is 1.37. The zero-order chi connectivity index (χ0) is 9.31. The van der Waals surface area contributed by atoms with Crippen molar-refractivity contribution < 1.29 is 5.11 Å². The van der Waals surface area contributed by atoms with Crippen LogP contribution in [-0.2, 0) is 12.6 Å². The van der Waals surface area contributed by atoms with E-state index < -0.39 is 5.60 Å². The molecule has 1 aromatic rings. The van der Waals surface area contributed by atoms with E-state index in [1.807, 2.05) is 12.2 Å². The van der Waals surface area contributed by atoms with Crippen molar-refractivity contribution in [3.8, 4) is 0 Å². The summed E-state index contributed by atoms with van der Waals surface area (Å²) in [6.07, 6.45) is 8.29. The van der Waals surface area contributed by atoms with Gasteiger partial charge in [0, 0.05) is 7.05 Å². The Morgan fingerprint density at radius 2 is 2.46 bits per heavy atom. The molecule has 0 amide bonds. The van der Waals surface area contributed by atoms with Crippen LogP contribution in [0.4, 0.5) is 0 Å². The molecule has 1 unspecified atom stereocenters. The molecular formula is C9H13N3O. The number of aromatic nitrogens is 3. The van der Waals surface area contributed by atoms with Crippen LogP contribution in [0, 0.1) is 0 Å². The minimum Gasteiger partial charge on any atom is -0.379 e. The van der Waals surface area contributed by atoms with E-state index in [0.29, 0.717) is 0 Å². The molecule has 0 aliphatic heterocycles. The minimum atomic E-state index is -0.851. The molecule has 0 fully saturated rings. The van der Waals surface area contributed by atoms with Crippen molar-refractivity contribution in [2.75, 3.05) is 0 Å². The highest BCUT2D eigenvalue weighted by atomic mass is 16.3. The van der Waals surface area contributed by atoms with Crippen LogP contribution in [0.5, 0.6) is 0 Å². The van der Waals surface area contributed by atoms with E-state index in [4.69, 9.17) is 0 Å². The zero-order valence-corrected chi connectivity index (χ0v) is 7.64. The molecule has 0 bridgehead atoms. The van der Waals surface area contributed by atoms with Gasteiger partial charge in [-0.05, 0) is 19.3 Å². The molecule has 1 aromatic heterocycles. The van der Waals surface area contributed by atoms with E-state index in [2.05, 4.69) is 10.3 Å². The fourth-order valence-electron chi connectivity index (χ4n) is 1.75. The minimum absolute atomic E-state index is 0.755. The average molecular weight is 179 g/mol. The van der Waals surface area contributed by atoms with E-state index in [9.17, 15) is 5.11 Å². The predicted octanol–water partition coefficient (Wildman–Crippen LogP) is 0.743. The summed E-state index contributed by atoms with van der Waals surface area (Å²) in [4.78, 5) is 0. The fourth-order valence-corrected chi connectivity index (χ4v) is 1.75. The summed E-state index contributed by atoms with van der Waals surface area (Å²) >= 11 is 0. The topological polar surface area (TPSA) is 50.9 Å². The molecule has 1 aliphatic rings. The van der Waals surface area contributed by atoms with E-state index >= 15 is 0 Å². The summed E-state index contributed by atoms with van der Waals surface area (Å²) in [5.74, 6) is 0. The molecule has 1 aliphatic carbocycles. The molecule has 70 valence electrons.